The van der Waals surface area contributed by atoms with E-state index in [1.165, 1.54) is 12.8 Å². The Morgan fingerprint density at radius 2 is 2.47 bits per heavy atom. The van der Waals surface area contributed by atoms with Gasteiger partial charge in [0.2, 0.25) is 0 Å². The van der Waals surface area contributed by atoms with Gasteiger partial charge < -0.3 is 9.64 Å². The topological polar surface area (TPSA) is 61.2 Å². The number of rotatable bonds is 6. The maximum atomic E-state index is 8.12. The Balaban J connectivity index is 2.06. The monoisotopic (exact) mass is 212 g/mol. The van der Waals surface area contributed by atoms with Crippen molar-refractivity contribution >= 4 is 0 Å². The second-order valence-electron chi connectivity index (χ2n) is 4.15. The van der Waals surface area contributed by atoms with E-state index in [1.807, 2.05) is 0 Å². The third-order valence-electron chi connectivity index (χ3n) is 2.69. The van der Waals surface area contributed by atoms with Gasteiger partial charge >= 0.3 is 0 Å². The Hall–Kier alpha value is -0.770. The summed E-state index contributed by atoms with van der Waals surface area (Å²) in [4.78, 5) is 5.03. The highest BCUT2D eigenvalue weighted by atomic mass is 16.5. The summed E-state index contributed by atoms with van der Waals surface area (Å²) in [6, 6.07) is 0. The molecule has 0 aromatic carbocycles. The quantitative estimate of drug-likeness (QED) is 0.293. The highest BCUT2D eigenvalue weighted by molar-refractivity contribution is 4.67. The van der Waals surface area contributed by atoms with Gasteiger partial charge in [-0.1, -0.05) is 5.11 Å². The molecule has 1 atom stereocenters. The standard InChI is InChI=1S/C10H20N4O/c1-14(6-3-5-12-13-11)8-10-4-2-7-15-9-10/h10H,2-9H2,1H3. The average molecular weight is 212 g/mol. The summed E-state index contributed by atoms with van der Waals surface area (Å²) in [5.74, 6) is 0.684. The maximum absolute atomic E-state index is 8.12. The predicted molar refractivity (Wildman–Crippen MR) is 59.7 cm³/mol. The van der Waals surface area contributed by atoms with Crippen LogP contribution in [0.1, 0.15) is 19.3 Å². The minimum Gasteiger partial charge on any atom is -0.381 e. The fraction of sp³-hybridized carbons (Fsp3) is 1.00. The Morgan fingerprint density at radius 1 is 1.60 bits per heavy atom. The molecule has 86 valence electrons. The molecule has 0 spiro atoms. The fourth-order valence-corrected chi connectivity index (χ4v) is 1.94. The highest BCUT2D eigenvalue weighted by Crippen LogP contribution is 2.14. The molecule has 1 heterocycles. The van der Waals surface area contributed by atoms with Crippen molar-refractivity contribution < 1.29 is 4.74 Å². The molecule has 5 heteroatoms. The van der Waals surface area contributed by atoms with E-state index in [4.69, 9.17) is 10.3 Å². The number of hydrogen-bond acceptors (Lipinski definition) is 3. The summed E-state index contributed by atoms with van der Waals surface area (Å²) >= 11 is 0. The normalized spacial score (nSPS) is 21.3. The van der Waals surface area contributed by atoms with Crippen LogP contribution < -0.4 is 0 Å². The van der Waals surface area contributed by atoms with Crippen LogP contribution in [-0.2, 0) is 4.74 Å². The SMILES string of the molecule is CN(CCCN=[N+]=[N-])CC1CCCOC1. The minimum atomic E-state index is 0.599. The van der Waals surface area contributed by atoms with Gasteiger partial charge in [0, 0.05) is 24.6 Å². The van der Waals surface area contributed by atoms with E-state index in [-0.39, 0.29) is 0 Å². The molecule has 1 unspecified atom stereocenters. The molecule has 1 aliphatic heterocycles. The van der Waals surface area contributed by atoms with Gasteiger partial charge in [-0.3, -0.25) is 0 Å². The molecule has 1 aliphatic rings. The highest BCUT2D eigenvalue weighted by Gasteiger charge is 2.15. The molecule has 0 N–H and O–H groups in total. The van der Waals surface area contributed by atoms with Crippen LogP contribution in [0.2, 0.25) is 0 Å². The lowest BCUT2D eigenvalue weighted by molar-refractivity contribution is 0.0420. The van der Waals surface area contributed by atoms with Crippen LogP contribution in [-0.4, -0.2) is 44.8 Å². The zero-order chi connectivity index (χ0) is 10.9. The number of hydrogen-bond donors (Lipinski definition) is 0. The van der Waals surface area contributed by atoms with Crippen LogP contribution in [0, 0.1) is 5.92 Å². The lowest BCUT2D eigenvalue weighted by Crippen LogP contribution is -2.31. The molecule has 0 saturated carbocycles. The largest absolute Gasteiger partial charge is 0.381 e. The van der Waals surface area contributed by atoms with Gasteiger partial charge in [-0.15, -0.1) is 0 Å². The van der Waals surface area contributed by atoms with Crippen LogP contribution in [0.4, 0.5) is 0 Å². The maximum Gasteiger partial charge on any atom is 0.0506 e. The molecule has 1 saturated heterocycles. The zero-order valence-corrected chi connectivity index (χ0v) is 9.43. The first-order valence-corrected chi connectivity index (χ1v) is 5.60. The van der Waals surface area contributed by atoms with Gasteiger partial charge in [0.25, 0.3) is 0 Å². The van der Waals surface area contributed by atoms with Crippen molar-refractivity contribution in [2.24, 2.45) is 11.0 Å². The molecule has 15 heavy (non-hydrogen) atoms. The van der Waals surface area contributed by atoms with Crippen LogP contribution in [0.5, 0.6) is 0 Å². The van der Waals surface area contributed by atoms with E-state index >= 15 is 0 Å². The summed E-state index contributed by atoms with van der Waals surface area (Å²) in [5, 5.41) is 3.52. The first kappa shape index (κ1) is 12.3. The van der Waals surface area contributed by atoms with E-state index < -0.39 is 0 Å². The van der Waals surface area contributed by atoms with E-state index in [2.05, 4.69) is 22.0 Å². The molecular weight excluding hydrogens is 192 g/mol. The van der Waals surface area contributed by atoms with E-state index in [9.17, 15) is 0 Å². The molecule has 1 rings (SSSR count). The summed E-state index contributed by atoms with van der Waals surface area (Å²) in [6.45, 7) is 4.52. The van der Waals surface area contributed by atoms with Crippen molar-refractivity contribution in [1.82, 2.24) is 4.90 Å². The summed E-state index contributed by atoms with van der Waals surface area (Å²) < 4.78 is 5.43. The fourth-order valence-electron chi connectivity index (χ4n) is 1.94. The van der Waals surface area contributed by atoms with Gasteiger partial charge in [-0.25, -0.2) is 0 Å². The minimum absolute atomic E-state index is 0.599. The first-order chi connectivity index (χ1) is 7.33. The number of ether oxygens (including phenoxy) is 1. The van der Waals surface area contributed by atoms with Gasteiger partial charge in [0.05, 0.1) is 6.61 Å². The molecular formula is C10H20N4O. The second kappa shape index (κ2) is 7.51. The third kappa shape index (κ3) is 5.62. The second-order valence-corrected chi connectivity index (χ2v) is 4.15. The predicted octanol–water partition coefficient (Wildman–Crippen LogP) is 2.05. The molecule has 5 nitrogen and oxygen atoms in total. The van der Waals surface area contributed by atoms with Crippen molar-refractivity contribution in [3.63, 3.8) is 0 Å². The molecule has 0 aromatic rings. The van der Waals surface area contributed by atoms with Crippen LogP contribution in [0.3, 0.4) is 0 Å². The molecule has 0 aromatic heterocycles. The van der Waals surface area contributed by atoms with Crippen molar-refractivity contribution in [2.45, 2.75) is 19.3 Å². The lowest BCUT2D eigenvalue weighted by atomic mass is 10.0. The van der Waals surface area contributed by atoms with E-state index in [0.717, 1.165) is 32.7 Å². The number of nitrogens with zero attached hydrogens (tertiary/aromatic N) is 4. The van der Waals surface area contributed by atoms with Crippen molar-refractivity contribution in [1.29, 1.82) is 0 Å². The molecule has 0 radical (unpaired) electrons. The van der Waals surface area contributed by atoms with E-state index in [0.29, 0.717) is 12.5 Å². The zero-order valence-electron chi connectivity index (χ0n) is 9.43. The lowest BCUT2D eigenvalue weighted by Gasteiger charge is -2.26. The Morgan fingerprint density at radius 3 is 3.13 bits per heavy atom. The number of azide groups is 1. The summed E-state index contributed by atoms with van der Waals surface area (Å²) in [5.41, 5.74) is 8.12. The van der Waals surface area contributed by atoms with Crippen molar-refractivity contribution in [2.75, 3.05) is 39.9 Å². The van der Waals surface area contributed by atoms with E-state index in [1.54, 1.807) is 0 Å². The van der Waals surface area contributed by atoms with Crippen molar-refractivity contribution in [3.05, 3.63) is 10.4 Å². The van der Waals surface area contributed by atoms with Gasteiger partial charge in [-0.05, 0) is 44.3 Å². The molecule has 0 aliphatic carbocycles. The summed E-state index contributed by atoms with van der Waals surface area (Å²) in [7, 11) is 2.12. The average Bonchev–Trinajstić information content (AvgIpc) is 2.26. The molecule has 0 bridgehead atoms. The van der Waals surface area contributed by atoms with Gasteiger partial charge in [0.1, 0.15) is 0 Å². The van der Waals surface area contributed by atoms with Crippen LogP contribution in [0.15, 0.2) is 5.11 Å². The van der Waals surface area contributed by atoms with Crippen molar-refractivity contribution in [3.8, 4) is 0 Å². The Kier molecular flexibility index (Phi) is 6.16. The Bertz CT molecular complexity index is 209. The van der Waals surface area contributed by atoms with Gasteiger partial charge in [-0.2, -0.15) is 0 Å². The molecule has 1 fully saturated rings. The van der Waals surface area contributed by atoms with Crippen LogP contribution >= 0.6 is 0 Å². The third-order valence-corrected chi connectivity index (χ3v) is 2.69. The summed E-state index contributed by atoms with van der Waals surface area (Å²) in [6.07, 6.45) is 3.41. The molecule has 0 amide bonds. The first-order valence-electron chi connectivity index (χ1n) is 5.60. The Labute approximate surface area is 91.0 Å². The van der Waals surface area contributed by atoms with Gasteiger partial charge in [0.15, 0.2) is 0 Å². The smallest absolute Gasteiger partial charge is 0.0506 e. The van der Waals surface area contributed by atoms with Crippen LogP contribution in [0.25, 0.3) is 10.4 Å².